The fourth-order valence-corrected chi connectivity index (χ4v) is 3.59. The number of ether oxygens (including phenoxy) is 1. The van der Waals surface area contributed by atoms with Gasteiger partial charge in [0, 0.05) is 6.42 Å². The normalized spacial score (nSPS) is 17.7. The molecule has 1 aliphatic rings. The molecule has 0 aliphatic carbocycles. The molecule has 0 bridgehead atoms. The SMILES string of the molecule is COc1ccc(C2=NN(S(C)(=O)=O)[C@@H](c3ccc(F)cc3)C2)cc1. The predicted octanol–water partition coefficient (Wildman–Crippen LogP) is 2.95. The lowest BCUT2D eigenvalue weighted by molar-refractivity contribution is 0.374. The summed E-state index contributed by atoms with van der Waals surface area (Å²) in [6.45, 7) is 0. The fourth-order valence-electron chi connectivity index (χ4n) is 2.69. The first-order chi connectivity index (χ1) is 11.4. The Morgan fingerprint density at radius 1 is 1.12 bits per heavy atom. The summed E-state index contributed by atoms with van der Waals surface area (Å²) in [6.07, 6.45) is 1.54. The average Bonchev–Trinajstić information content (AvgIpc) is 3.01. The highest BCUT2D eigenvalue weighted by Gasteiger charge is 2.34. The Hall–Kier alpha value is -2.41. The van der Waals surface area contributed by atoms with E-state index in [1.54, 1.807) is 31.4 Å². The Morgan fingerprint density at radius 2 is 1.75 bits per heavy atom. The van der Waals surface area contributed by atoms with Crippen LogP contribution in [-0.4, -0.2) is 31.9 Å². The Kier molecular flexibility index (Phi) is 4.28. The number of halogens is 1. The van der Waals surface area contributed by atoms with Crippen LogP contribution in [0.15, 0.2) is 53.6 Å². The lowest BCUT2D eigenvalue weighted by Gasteiger charge is -2.21. The second-order valence-corrected chi connectivity index (χ2v) is 7.42. The van der Waals surface area contributed by atoms with Crippen LogP contribution in [0.3, 0.4) is 0 Å². The van der Waals surface area contributed by atoms with Crippen LogP contribution in [0.1, 0.15) is 23.6 Å². The molecule has 24 heavy (non-hydrogen) atoms. The van der Waals surface area contributed by atoms with Crippen LogP contribution < -0.4 is 4.74 Å². The smallest absolute Gasteiger partial charge is 0.247 e. The third-order valence-electron chi connectivity index (χ3n) is 3.89. The van der Waals surface area contributed by atoms with Gasteiger partial charge in [0.05, 0.1) is 25.1 Å². The fraction of sp³-hybridized carbons (Fsp3) is 0.235. The van der Waals surface area contributed by atoms with E-state index in [0.29, 0.717) is 23.4 Å². The summed E-state index contributed by atoms with van der Waals surface area (Å²) in [5, 5.41) is 4.29. The van der Waals surface area contributed by atoms with Gasteiger partial charge in [0.2, 0.25) is 10.0 Å². The first-order valence-electron chi connectivity index (χ1n) is 7.35. The topological polar surface area (TPSA) is 59.0 Å². The van der Waals surface area contributed by atoms with E-state index in [1.807, 2.05) is 12.1 Å². The van der Waals surface area contributed by atoms with Gasteiger partial charge in [0.15, 0.2) is 0 Å². The summed E-state index contributed by atoms with van der Waals surface area (Å²) in [5.74, 6) is 0.353. The highest BCUT2D eigenvalue weighted by Crippen LogP contribution is 2.34. The minimum absolute atomic E-state index is 0.362. The lowest BCUT2D eigenvalue weighted by Crippen LogP contribution is -2.25. The minimum atomic E-state index is -3.54. The van der Waals surface area contributed by atoms with Crippen molar-refractivity contribution in [1.29, 1.82) is 0 Å². The van der Waals surface area contributed by atoms with E-state index < -0.39 is 16.1 Å². The molecule has 2 aromatic carbocycles. The molecule has 7 heteroatoms. The molecular weight excluding hydrogens is 331 g/mol. The molecule has 0 radical (unpaired) electrons. The average molecular weight is 348 g/mol. The van der Waals surface area contributed by atoms with E-state index in [0.717, 1.165) is 16.2 Å². The Morgan fingerprint density at radius 3 is 2.29 bits per heavy atom. The van der Waals surface area contributed by atoms with Gasteiger partial charge < -0.3 is 4.74 Å². The third kappa shape index (κ3) is 3.26. The zero-order chi connectivity index (χ0) is 17.3. The maximum atomic E-state index is 13.1. The number of hydrogen-bond donors (Lipinski definition) is 0. The number of nitrogens with zero attached hydrogens (tertiary/aromatic N) is 2. The van der Waals surface area contributed by atoms with Crippen LogP contribution in [-0.2, 0) is 10.0 Å². The maximum Gasteiger partial charge on any atom is 0.247 e. The Labute approximate surface area is 140 Å². The van der Waals surface area contributed by atoms with Gasteiger partial charge in [-0.2, -0.15) is 9.52 Å². The van der Waals surface area contributed by atoms with Gasteiger partial charge in [-0.1, -0.05) is 12.1 Å². The van der Waals surface area contributed by atoms with Crippen molar-refractivity contribution in [1.82, 2.24) is 4.41 Å². The molecule has 2 aromatic rings. The highest BCUT2D eigenvalue weighted by molar-refractivity contribution is 7.88. The highest BCUT2D eigenvalue weighted by atomic mass is 32.2. The Balaban J connectivity index is 1.96. The van der Waals surface area contributed by atoms with Gasteiger partial charge in [0.1, 0.15) is 11.6 Å². The Bertz CT molecular complexity index is 862. The predicted molar refractivity (Wildman–Crippen MR) is 90.0 cm³/mol. The maximum absolute atomic E-state index is 13.1. The summed E-state index contributed by atoms with van der Waals surface area (Å²) in [7, 11) is -1.95. The van der Waals surface area contributed by atoms with Crippen LogP contribution in [0.2, 0.25) is 0 Å². The molecule has 0 spiro atoms. The second-order valence-electron chi connectivity index (χ2n) is 5.58. The summed E-state index contributed by atoms with van der Waals surface area (Å²) in [5.41, 5.74) is 2.19. The van der Waals surface area contributed by atoms with Crippen molar-refractivity contribution in [2.75, 3.05) is 13.4 Å². The van der Waals surface area contributed by atoms with E-state index in [4.69, 9.17) is 4.74 Å². The molecule has 1 aliphatic heterocycles. The molecule has 3 rings (SSSR count). The van der Waals surface area contributed by atoms with Gasteiger partial charge in [0.25, 0.3) is 0 Å². The third-order valence-corrected chi connectivity index (χ3v) is 4.91. The molecule has 0 amide bonds. The molecule has 0 saturated carbocycles. The lowest BCUT2D eigenvalue weighted by atomic mass is 9.99. The van der Waals surface area contributed by atoms with Crippen molar-refractivity contribution in [3.63, 3.8) is 0 Å². The van der Waals surface area contributed by atoms with Crippen LogP contribution in [0, 0.1) is 5.82 Å². The van der Waals surface area contributed by atoms with E-state index >= 15 is 0 Å². The van der Waals surface area contributed by atoms with Crippen molar-refractivity contribution in [3.8, 4) is 5.75 Å². The van der Waals surface area contributed by atoms with Crippen molar-refractivity contribution >= 4 is 15.7 Å². The molecule has 0 aromatic heterocycles. The largest absolute Gasteiger partial charge is 0.497 e. The molecule has 0 fully saturated rings. The quantitative estimate of drug-likeness (QED) is 0.853. The van der Waals surface area contributed by atoms with Gasteiger partial charge >= 0.3 is 0 Å². The first kappa shape index (κ1) is 16.4. The van der Waals surface area contributed by atoms with E-state index in [9.17, 15) is 12.8 Å². The molecule has 0 saturated heterocycles. The number of methoxy groups -OCH3 is 1. The summed E-state index contributed by atoms with van der Waals surface area (Å²) < 4.78 is 43.5. The van der Waals surface area contributed by atoms with Gasteiger partial charge in [-0.3, -0.25) is 0 Å². The molecule has 0 N–H and O–H groups in total. The molecule has 5 nitrogen and oxygen atoms in total. The van der Waals surface area contributed by atoms with Crippen LogP contribution in [0.5, 0.6) is 5.75 Å². The summed E-state index contributed by atoms with van der Waals surface area (Å²) >= 11 is 0. The number of sulfonamides is 1. The second kappa shape index (κ2) is 6.24. The van der Waals surface area contributed by atoms with Crippen LogP contribution in [0.4, 0.5) is 4.39 Å². The standard InChI is InChI=1S/C17H17FN2O3S/c1-23-15-9-5-12(6-10-15)16-11-17(20(19-16)24(2,21)22)13-3-7-14(18)8-4-13/h3-10,17H,11H2,1-2H3/t17-/m1/s1. The molecule has 1 atom stereocenters. The molecule has 126 valence electrons. The molecular formula is C17H17FN2O3S. The first-order valence-corrected chi connectivity index (χ1v) is 9.20. The van der Waals surface area contributed by atoms with E-state index in [2.05, 4.69) is 5.10 Å². The monoisotopic (exact) mass is 348 g/mol. The van der Waals surface area contributed by atoms with Gasteiger partial charge in [-0.05, 0) is 47.5 Å². The van der Waals surface area contributed by atoms with Crippen LogP contribution in [0.25, 0.3) is 0 Å². The number of rotatable bonds is 4. The van der Waals surface area contributed by atoms with Crippen molar-refractivity contribution < 1.29 is 17.5 Å². The summed E-state index contributed by atoms with van der Waals surface area (Å²) in [6, 6.07) is 12.6. The number of hydrogen-bond acceptors (Lipinski definition) is 4. The van der Waals surface area contributed by atoms with E-state index in [-0.39, 0.29) is 5.82 Å². The van der Waals surface area contributed by atoms with Gasteiger partial charge in [-0.25, -0.2) is 12.8 Å². The zero-order valence-corrected chi connectivity index (χ0v) is 14.1. The molecule has 0 unspecified atom stereocenters. The number of benzene rings is 2. The zero-order valence-electron chi connectivity index (χ0n) is 13.3. The van der Waals surface area contributed by atoms with E-state index in [1.165, 1.54) is 12.1 Å². The molecule has 1 heterocycles. The van der Waals surface area contributed by atoms with Crippen LogP contribution >= 0.6 is 0 Å². The van der Waals surface area contributed by atoms with Crippen molar-refractivity contribution in [3.05, 3.63) is 65.5 Å². The summed E-state index contributed by atoms with van der Waals surface area (Å²) in [4.78, 5) is 0. The van der Waals surface area contributed by atoms with Crippen molar-refractivity contribution in [2.24, 2.45) is 5.10 Å². The van der Waals surface area contributed by atoms with Crippen molar-refractivity contribution in [2.45, 2.75) is 12.5 Å². The minimum Gasteiger partial charge on any atom is -0.497 e. The van der Waals surface area contributed by atoms with Gasteiger partial charge in [-0.15, -0.1) is 0 Å². The number of hydrazone groups is 1.